The summed E-state index contributed by atoms with van der Waals surface area (Å²) in [6.45, 7) is 13.7. The maximum absolute atomic E-state index is 10.0. The summed E-state index contributed by atoms with van der Waals surface area (Å²) in [4.78, 5) is 14.1. The number of aryl methyl sites for hydroxylation is 1. The van der Waals surface area contributed by atoms with Crippen molar-refractivity contribution in [3.05, 3.63) is 65.7 Å². The number of carbonyl (C=O) groups is 1. The molecule has 37 heavy (non-hydrogen) atoms. The molecule has 0 aromatic heterocycles. The van der Waals surface area contributed by atoms with E-state index >= 15 is 0 Å². The molecule has 210 valence electrons. The van der Waals surface area contributed by atoms with Crippen LogP contribution in [0.5, 0.6) is 5.75 Å². The Morgan fingerprint density at radius 1 is 0.811 bits per heavy atom. The smallest absolute Gasteiger partial charge is 0.129 e. The van der Waals surface area contributed by atoms with Gasteiger partial charge in [-0.25, -0.2) is 0 Å². The molecule has 0 heterocycles. The normalized spacial score (nSPS) is 10.1. The zero-order valence-corrected chi connectivity index (χ0v) is 25.0. The Bertz CT molecular complexity index is 769. The van der Waals surface area contributed by atoms with Crippen molar-refractivity contribution < 1.29 is 9.53 Å². The van der Waals surface area contributed by atoms with Crippen molar-refractivity contribution in [1.29, 1.82) is 0 Å². The van der Waals surface area contributed by atoms with Crippen LogP contribution in [0.2, 0.25) is 0 Å². The summed E-state index contributed by atoms with van der Waals surface area (Å²) in [5.41, 5.74) is 8.82. The number of unbranched alkanes of at least 4 members (excludes halogenated alkanes) is 5. The van der Waals surface area contributed by atoms with Gasteiger partial charge in [0.05, 0.1) is 6.61 Å². The number of rotatable bonds is 13. The summed E-state index contributed by atoms with van der Waals surface area (Å²) in [6, 6.07) is 18.7. The summed E-state index contributed by atoms with van der Waals surface area (Å²) >= 11 is 0. The van der Waals surface area contributed by atoms with E-state index in [1.54, 1.807) is 6.92 Å². The van der Waals surface area contributed by atoms with Gasteiger partial charge in [0.25, 0.3) is 0 Å². The molecule has 0 spiro atoms. The summed E-state index contributed by atoms with van der Waals surface area (Å²) in [5, 5.41) is 0. The lowest BCUT2D eigenvalue weighted by atomic mass is 10.1. The minimum absolute atomic E-state index is 0.289. The van der Waals surface area contributed by atoms with Crippen molar-refractivity contribution in [2.75, 3.05) is 20.2 Å². The fraction of sp³-hybridized carbons (Fsp3) is 0.576. The monoisotopic (exact) mass is 512 g/mol. The average molecular weight is 513 g/mol. The summed E-state index contributed by atoms with van der Waals surface area (Å²) in [7, 11) is 1.83. The molecule has 0 aliphatic heterocycles. The standard InChI is InChI=1S/C15H24O.C10H13N.C5H10O.C3H9N/c1-3-4-5-6-7-8-13-16-15-11-9-14(2)10-12-15;1-9(11-2)8-10-6-4-3-5-7-10;1-3-4-5(2)6;1-2-3-4/h9-12H,3-8,13H2,1-2H3;3-7H,8H2,1-2H3;3-4H2,1-2H3;2-4H2,1H3. The number of Topliss-reactive ketones (excluding diaryl/α,β-unsaturated/α-hetero) is 1. The Balaban J connectivity index is 0. The third kappa shape index (κ3) is 28.0. The SMILES string of the molecule is CCCC(C)=O.CCCCCCCCOc1ccc(C)cc1.CCCN.CN=C(C)Cc1ccccc1. The van der Waals surface area contributed by atoms with E-state index in [0.717, 1.165) is 44.6 Å². The van der Waals surface area contributed by atoms with Crippen LogP contribution in [-0.2, 0) is 11.2 Å². The highest BCUT2D eigenvalue weighted by Gasteiger charge is 1.94. The van der Waals surface area contributed by atoms with Gasteiger partial charge >= 0.3 is 0 Å². The lowest BCUT2D eigenvalue weighted by Gasteiger charge is -2.06. The van der Waals surface area contributed by atoms with E-state index in [2.05, 4.69) is 62.2 Å². The van der Waals surface area contributed by atoms with Crippen molar-refractivity contribution in [2.24, 2.45) is 10.7 Å². The van der Waals surface area contributed by atoms with Crippen LogP contribution in [0.1, 0.15) is 104 Å². The largest absolute Gasteiger partial charge is 0.494 e. The molecule has 0 amide bonds. The molecule has 0 aliphatic rings. The van der Waals surface area contributed by atoms with E-state index in [1.165, 1.54) is 55.4 Å². The molecule has 0 unspecified atom stereocenters. The molecule has 4 nitrogen and oxygen atoms in total. The maximum atomic E-state index is 10.0. The van der Waals surface area contributed by atoms with E-state index in [-0.39, 0.29) is 5.78 Å². The number of aliphatic imine (C=N–C) groups is 1. The molecule has 0 fully saturated rings. The average Bonchev–Trinajstić information content (AvgIpc) is 2.90. The van der Waals surface area contributed by atoms with E-state index in [9.17, 15) is 4.79 Å². The molecule has 2 N–H and O–H groups in total. The van der Waals surface area contributed by atoms with Gasteiger partial charge in [0.15, 0.2) is 0 Å². The van der Waals surface area contributed by atoms with E-state index in [0.29, 0.717) is 0 Å². The number of ketones is 1. The first-order chi connectivity index (χ1) is 17.8. The third-order valence-corrected chi connectivity index (χ3v) is 5.36. The molecule has 0 saturated carbocycles. The van der Waals surface area contributed by atoms with Gasteiger partial charge in [-0.15, -0.1) is 0 Å². The third-order valence-electron chi connectivity index (χ3n) is 5.36. The van der Waals surface area contributed by atoms with Crippen LogP contribution in [0, 0.1) is 6.92 Å². The molecule has 2 rings (SSSR count). The molecule has 0 atom stereocenters. The van der Waals surface area contributed by atoms with E-state index in [1.807, 2.05) is 39.1 Å². The van der Waals surface area contributed by atoms with Crippen LogP contribution in [0.25, 0.3) is 0 Å². The Kier molecular flexibility index (Phi) is 27.9. The number of hydrogen-bond acceptors (Lipinski definition) is 4. The topological polar surface area (TPSA) is 64.7 Å². The molecular formula is C33H56N2O2. The first-order valence-corrected chi connectivity index (χ1v) is 14.2. The van der Waals surface area contributed by atoms with E-state index < -0.39 is 0 Å². The van der Waals surface area contributed by atoms with Crippen molar-refractivity contribution >= 4 is 11.5 Å². The second kappa shape index (κ2) is 28.1. The lowest BCUT2D eigenvalue weighted by molar-refractivity contribution is -0.117. The predicted molar refractivity (Wildman–Crippen MR) is 164 cm³/mol. The highest BCUT2D eigenvalue weighted by molar-refractivity contribution is 5.83. The highest BCUT2D eigenvalue weighted by Crippen LogP contribution is 2.12. The van der Waals surface area contributed by atoms with Gasteiger partial charge in [-0.05, 0) is 64.3 Å². The Hall–Kier alpha value is -2.46. The van der Waals surface area contributed by atoms with Gasteiger partial charge in [0.1, 0.15) is 11.5 Å². The van der Waals surface area contributed by atoms with Crippen LogP contribution in [0.4, 0.5) is 0 Å². The lowest BCUT2D eigenvalue weighted by Crippen LogP contribution is -1.97. The Morgan fingerprint density at radius 2 is 1.38 bits per heavy atom. The molecule has 2 aromatic carbocycles. The minimum atomic E-state index is 0.289. The first kappa shape index (κ1) is 36.7. The molecule has 0 radical (unpaired) electrons. The number of hydrogen-bond donors (Lipinski definition) is 1. The van der Waals surface area contributed by atoms with Gasteiger partial charge < -0.3 is 15.3 Å². The number of nitrogens with two attached hydrogens (primary N) is 1. The van der Waals surface area contributed by atoms with Crippen molar-refractivity contribution in [3.8, 4) is 5.75 Å². The number of nitrogens with zero attached hydrogens (tertiary/aromatic N) is 1. The van der Waals surface area contributed by atoms with Gasteiger partial charge in [-0.1, -0.05) is 101 Å². The van der Waals surface area contributed by atoms with Gasteiger partial charge in [-0.3, -0.25) is 4.99 Å². The second-order valence-corrected chi connectivity index (χ2v) is 9.29. The molecular weight excluding hydrogens is 456 g/mol. The van der Waals surface area contributed by atoms with Gasteiger partial charge in [-0.2, -0.15) is 0 Å². The second-order valence-electron chi connectivity index (χ2n) is 9.29. The fourth-order valence-corrected chi connectivity index (χ4v) is 3.03. The zero-order valence-electron chi connectivity index (χ0n) is 25.0. The number of benzene rings is 2. The van der Waals surface area contributed by atoms with Gasteiger partial charge in [0.2, 0.25) is 0 Å². The Morgan fingerprint density at radius 3 is 1.84 bits per heavy atom. The van der Waals surface area contributed by atoms with Crippen LogP contribution < -0.4 is 10.5 Å². The predicted octanol–water partition coefficient (Wildman–Crippen LogP) is 8.78. The van der Waals surface area contributed by atoms with Crippen LogP contribution in [0.3, 0.4) is 0 Å². The van der Waals surface area contributed by atoms with Crippen LogP contribution in [-0.4, -0.2) is 31.7 Å². The van der Waals surface area contributed by atoms with Crippen molar-refractivity contribution in [2.45, 2.75) is 106 Å². The highest BCUT2D eigenvalue weighted by atomic mass is 16.5. The Labute approximate surface area is 229 Å². The molecule has 0 aliphatic carbocycles. The number of ether oxygens (including phenoxy) is 1. The zero-order chi connectivity index (χ0) is 28.2. The molecule has 0 saturated heterocycles. The first-order valence-electron chi connectivity index (χ1n) is 14.2. The minimum Gasteiger partial charge on any atom is -0.494 e. The molecule has 4 heteroatoms. The maximum Gasteiger partial charge on any atom is 0.129 e. The number of carbonyl (C=O) groups excluding carboxylic acids is 1. The summed E-state index contributed by atoms with van der Waals surface area (Å²) in [6.07, 6.45) is 11.7. The van der Waals surface area contributed by atoms with E-state index in [4.69, 9.17) is 10.5 Å². The molecule has 2 aromatic rings. The van der Waals surface area contributed by atoms with Gasteiger partial charge in [0, 0.05) is 25.6 Å². The van der Waals surface area contributed by atoms with Crippen LogP contribution >= 0.6 is 0 Å². The van der Waals surface area contributed by atoms with Crippen LogP contribution in [0.15, 0.2) is 59.6 Å². The molecule has 0 bridgehead atoms. The summed E-state index contributed by atoms with van der Waals surface area (Å²) in [5.74, 6) is 1.29. The van der Waals surface area contributed by atoms with Crippen molar-refractivity contribution in [1.82, 2.24) is 0 Å². The quantitative estimate of drug-likeness (QED) is 0.215. The summed E-state index contributed by atoms with van der Waals surface area (Å²) < 4.78 is 5.67. The van der Waals surface area contributed by atoms with Crippen molar-refractivity contribution in [3.63, 3.8) is 0 Å². The fourth-order valence-electron chi connectivity index (χ4n) is 3.03.